The molecule has 1 saturated heterocycles. The highest BCUT2D eigenvalue weighted by molar-refractivity contribution is 5.68. The topological polar surface area (TPSA) is 82.2 Å². The number of para-hydroxylation sites is 1. The molecule has 1 aliphatic heterocycles. The number of nitro groups is 1. The summed E-state index contributed by atoms with van der Waals surface area (Å²) in [5.41, 5.74) is 0.422. The van der Waals surface area contributed by atoms with Crippen LogP contribution in [-0.4, -0.2) is 36.0 Å². The van der Waals surface area contributed by atoms with Gasteiger partial charge in [0, 0.05) is 6.04 Å². The van der Waals surface area contributed by atoms with E-state index in [-0.39, 0.29) is 17.3 Å². The fourth-order valence-corrected chi connectivity index (χ4v) is 2.32. The lowest BCUT2D eigenvalue weighted by atomic mass is 10.0. The summed E-state index contributed by atoms with van der Waals surface area (Å²) < 4.78 is 0. The number of nitrogens with zero attached hydrogens (tertiary/aromatic N) is 3. The lowest BCUT2D eigenvalue weighted by Crippen LogP contribution is -2.36. The van der Waals surface area contributed by atoms with E-state index in [4.69, 9.17) is 5.26 Å². The molecule has 0 atom stereocenters. The van der Waals surface area contributed by atoms with Gasteiger partial charge in [-0.1, -0.05) is 6.07 Å². The molecule has 0 amide bonds. The van der Waals surface area contributed by atoms with Crippen molar-refractivity contribution in [3.8, 4) is 6.07 Å². The molecular weight excluding hydrogens is 244 g/mol. The minimum Gasteiger partial charge on any atom is -0.377 e. The maximum atomic E-state index is 11.1. The highest BCUT2D eigenvalue weighted by Gasteiger charge is 2.23. The number of likely N-dealkylation sites (tertiary alicyclic amines) is 1. The van der Waals surface area contributed by atoms with Crippen molar-refractivity contribution in [3.05, 3.63) is 33.9 Å². The van der Waals surface area contributed by atoms with Gasteiger partial charge in [0.25, 0.3) is 0 Å². The third kappa shape index (κ3) is 3.01. The van der Waals surface area contributed by atoms with Crippen LogP contribution in [-0.2, 0) is 0 Å². The maximum Gasteiger partial charge on any atom is 0.309 e. The zero-order valence-corrected chi connectivity index (χ0v) is 10.8. The van der Waals surface area contributed by atoms with E-state index >= 15 is 0 Å². The van der Waals surface area contributed by atoms with Gasteiger partial charge in [-0.2, -0.15) is 5.26 Å². The molecule has 6 heteroatoms. The van der Waals surface area contributed by atoms with Gasteiger partial charge >= 0.3 is 5.69 Å². The van der Waals surface area contributed by atoms with Crippen molar-refractivity contribution in [3.63, 3.8) is 0 Å². The first kappa shape index (κ1) is 13.3. The minimum atomic E-state index is -0.490. The van der Waals surface area contributed by atoms with Crippen molar-refractivity contribution in [2.75, 3.05) is 25.5 Å². The number of nitriles is 1. The molecule has 1 heterocycles. The molecule has 1 aromatic carbocycles. The Bertz CT molecular complexity index is 516. The van der Waals surface area contributed by atoms with Crippen LogP contribution < -0.4 is 5.32 Å². The molecule has 0 bridgehead atoms. The van der Waals surface area contributed by atoms with E-state index in [1.54, 1.807) is 12.1 Å². The van der Waals surface area contributed by atoms with Crippen LogP contribution >= 0.6 is 0 Å². The molecule has 1 aromatic rings. The van der Waals surface area contributed by atoms with Crippen LogP contribution in [0.4, 0.5) is 11.4 Å². The molecule has 0 spiro atoms. The van der Waals surface area contributed by atoms with E-state index in [1.165, 1.54) is 6.07 Å². The summed E-state index contributed by atoms with van der Waals surface area (Å²) >= 11 is 0. The van der Waals surface area contributed by atoms with Crippen LogP contribution in [0.2, 0.25) is 0 Å². The Morgan fingerprint density at radius 3 is 2.74 bits per heavy atom. The Morgan fingerprint density at radius 2 is 2.16 bits per heavy atom. The first-order valence-corrected chi connectivity index (χ1v) is 6.24. The number of rotatable bonds is 3. The van der Waals surface area contributed by atoms with Gasteiger partial charge in [0.15, 0.2) is 0 Å². The lowest BCUT2D eigenvalue weighted by Gasteiger charge is -2.30. The summed E-state index contributed by atoms with van der Waals surface area (Å²) in [5, 5.41) is 23.3. The molecule has 1 N–H and O–H groups in total. The number of anilines is 1. The van der Waals surface area contributed by atoms with Crippen molar-refractivity contribution in [1.29, 1.82) is 5.26 Å². The smallest absolute Gasteiger partial charge is 0.309 e. The van der Waals surface area contributed by atoms with Crippen molar-refractivity contribution in [2.24, 2.45) is 0 Å². The number of nitrogens with one attached hydrogen (secondary N) is 1. The SMILES string of the molecule is CN1CCC(Nc2cccc(C#N)c2[N+](=O)[O-])CC1. The summed E-state index contributed by atoms with van der Waals surface area (Å²) in [6.45, 7) is 1.95. The maximum absolute atomic E-state index is 11.1. The van der Waals surface area contributed by atoms with E-state index in [1.807, 2.05) is 6.07 Å². The zero-order valence-electron chi connectivity index (χ0n) is 10.8. The average Bonchev–Trinajstić information content (AvgIpc) is 2.40. The number of benzene rings is 1. The second-order valence-corrected chi connectivity index (χ2v) is 4.79. The summed E-state index contributed by atoms with van der Waals surface area (Å²) in [5.74, 6) is 0. The second-order valence-electron chi connectivity index (χ2n) is 4.79. The normalized spacial score (nSPS) is 16.8. The monoisotopic (exact) mass is 260 g/mol. The van der Waals surface area contributed by atoms with Gasteiger partial charge in [-0.05, 0) is 45.1 Å². The van der Waals surface area contributed by atoms with Crippen LogP contribution in [0.1, 0.15) is 18.4 Å². The van der Waals surface area contributed by atoms with Crippen LogP contribution in [0.3, 0.4) is 0 Å². The molecule has 0 unspecified atom stereocenters. The van der Waals surface area contributed by atoms with Crippen LogP contribution in [0, 0.1) is 21.4 Å². The van der Waals surface area contributed by atoms with Crippen LogP contribution in [0.5, 0.6) is 0 Å². The first-order chi connectivity index (χ1) is 9.11. The van der Waals surface area contributed by atoms with Gasteiger partial charge in [-0.25, -0.2) is 0 Å². The molecule has 0 radical (unpaired) electrons. The summed E-state index contributed by atoms with van der Waals surface area (Å²) in [7, 11) is 2.06. The van der Waals surface area contributed by atoms with E-state index in [2.05, 4.69) is 17.3 Å². The predicted octanol–water partition coefficient (Wildman–Crippen LogP) is 1.97. The average molecular weight is 260 g/mol. The molecule has 0 saturated carbocycles. The fraction of sp³-hybridized carbons (Fsp3) is 0.462. The Hall–Kier alpha value is -2.13. The Balaban J connectivity index is 2.21. The predicted molar refractivity (Wildman–Crippen MR) is 72.0 cm³/mol. The number of piperidine rings is 1. The summed E-state index contributed by atoms with van der Waals surface area (Å²) in [4.78, 5) is 12.8. The highest BCUT2D eigenvalue weighted by atomic mass is 16.6. The highest BCUT2D eigenvalue weighted by Crippen LogP contribution is 2.29. The van der Waals surface area contributed by atoms with Gasteiger partial charge < -0.3 is 10.2 Å². The van der Waals surface area contributed by atoms with Gasteiger partial charge in [-0.3, -0.25) is 10.1 Å². The largest absolute Gasteiger partial charge is 0.377 e. The van der Waals surface area contributed by atoms with Crippen LogP contribution in [0.15, 0.2) is 18.2 Å². The van der Waals surface area contributed by atoms with E-state index in [9.17, 15) is 10.1 Å². The molecule has 100 valence electrons. The first-order valence-electron chi connectivity index (χ1n) is 6.24. The number of hydrogen-bond donors (Lipinski definition) is 1. The van der Waals surface area contributed by atoms with Crippen molar-refractivity contribution in [1.82, 2.24) is 4.90 Å². The van der Waals surface area contributed by atoms with Gasteiger partial charge in [-0.15, -0.1) is 0 Å². The van der Waals surface area contributed by atoms with Gasteiger partial charge in [0.1, 0.15) is 17.3 Å². The molecule has 2 rings (SSSR count). The number of nitro benzene ring substituents is 1. The van der Waals surface area contributed by atoms with Crippen molar-refractivity contribution in [2.45, 2.75) is 18.9 Å². The molecule has 6 nitrogen and oxygen atoms in total. The molecular formula is C13H16N4O2. The van der Waals surface area contributed by atoms with E-state index < -0.39 is 4.92 Å². The van der Waals surface area contributed by atoms with Gasteiger partial charge in [0.05, 0.1) is 4.92 Å². The van der Waals surface area contributed by atoms with Crippen LogP contribution in [0.25, 0.3) is 0 Å². The standard InChI is InChI=1S/C13H16N4O2/c1-16-7-5-11(6-8-16)15-12-4-2-3-10(9-14)13(12)17(18)19/h2-4,11,15H,5-8H2,1H3. The third-order valence-corrected chi connectivity index (χ3v) is 3.42. The molecule has 1 aliphatic rings. The minimum absolute atomic E-state index is 0.0999. The molecule has 0 aliphatic carbocycles. The molecule has 1 fully saturated rings. The summed E-state index contributed by atoms with van der Waals surface area (Å²) in [6, 6.07) is 6.90. The van der Waals surface area contributed by atoms with Gasteiger partial charge in [0.2, 0.25) is 0 Å². The molecule has 0 aromatic heterocycles. The zero-order chi connectivity index (χ0) is 13.8. The third-order valence-electron chi connectivity index (χ3n) is 3.42. The van der Waals surface area contributed by atoms with E-state index in [0.717, 1.165) is 25.9 Å². The number of hydrogen-bond acceptors (Lipinski definition) is 5. The summed E-state index contributed by atoms with van der Waals surface area (Å²) in [6.07, 6.45) is 1.90. The van der Waals surface area contributed by atoms with E-state index in [0.29, 0.717) is 5.69 Å². The van der Waals surface area contributed by atoms with Crippen molar-refractivity contribution >= 4 is 11.4 Å². The lowest BCUT2D eigenvalue weighted by molar-refractivity contribution is -0.384. The van der Waals surface area contributed by atoms with Crippen molar-refractivity contribution < 1.29 is 4.92 Å². The quantitative estimate of drug-likeness (QED) is 0.663. The fourth-order valence-electron chi connectivity index (χ4n) is 2.32. The Morgan fingerprint density at radius 1 is 1.47 bits per heavy atom. The second kappa shape index (κ2) is 5.67. The Labute approximate surface area is 111 Å². The molecule has 19 heavy (non-hydrogen) atoms. The Kier molecular flexibility index (Phi) is 3.97.